The molecule has 1 saturated heterocycles. The lowest BCUT2D eigenvalue weighted by molar-refractivity contribution is 0.550. The summed E-state index contributed by atoms with van der Waals surface area (Å²) < 4.78 is 2.30. The maximum absolute atomic E-state index is 4.57. The highest BCUT2D eigenvalue weighted by atomic mass is 32.2. The minimum Gasteiger partial charge on any atom is -0.307 e. The van der Waals surface area contributed by atoms with Crippen LogP contribution in [0.5, 0.6) is 0 Å². The van der Waals surface area contributed by atoms with Crippen molar-refractivity contribution in [3.8, 4) is 0 Å². The van der Waals surface area contributed by atoms with E-state index in [-0.39, 0.29) is 0 Å². The minimum absolute atomic E-state index is 0.316. The van der Waals surface area contributed by atoms with Crippen LogP contribution in [0.15, 0.2) is 53.7 Å². The largest absolute Gasteiger partial charge is 0.307 e. The zero-order valence-electron chi connectivity index (χ0n) is 16.0. The van der Waals surface area contributed by atoms with Crippen LogP contribution in [0.1, 0.15) is 47.0 Å². The summed E-state index contributed by atoms with van der Waals surface area (Å²) in [7, 11) is 0. The van der Waals surface area contributed by atoms with Crippen LogP contribution >= 0.6 is 11.8 Å². The van der Waals surface area contributed by atoms with Crippen molar-refractivity contribution in [3.05, 3.63) is 76.6 Å². The van der Waals surface area contributed by atoms with Crippen molar-refractivity contribution in [2.75, 3.05) is 6.54 Å². The van der Waals surface area contributed by atoms with E-state index < -0.39 is 0 Å². The number of thioether (sulfide) groups is 1. The van der Waals surface area contributed by atoms with E-state index in [1.54, 1.807) is 11.8 Å². The first-order valence-corrected chi connectivity index (χ1v) is 10.6. The van der Waals surface area contributed by atoms with E-state index in [2.05, 4.69) is 82.5 Å². The Labute approximate surface area is 165 Å². The Balaban J connectivity index is 1.58. The van der Waals surface area contributed by atoms with Crippen molar-refractivity contribution in [2.45, 2.75) is 50.2 Å². The second-order valence-corrected chi connectivity index (χ2v) is 8.28. The van der Waals surface area contributed by atoms with Gasteiger partial charge in [-0.25, -0.2) is 0 Å². The molecule has 5 heteroatoms. The average molecular weight is 379 g/mol. The molecule has 0 bridgehead atoms. The molecular weight excluding hydrogens is 352 g/mol. The molecule has 0 aliphatic carbocycles. The third kappa shape index (κ3) is 4.42. The fourth-order valence-electron chi connectivity index (χ4n) is 3.54. The van der Waals surface area contributed by atoms with Crippen LogP contribution in [0.2, 0.25) is 0 Å². The lowest BCUT2D eigenvalue weighted by atomic mass is 10.1. The Morgan fingerprint density at radius 3 is 2.63 bits per heavy atom. The van der Waals surface area contributed by atoms with E-state index in [1.807, 2.05) is 0 Å². The Morgan fingerprint density at radius 1 is 1.04 bits per heavy atom. The molecule has 0 radical (unpaired) electrons. The number of hydrogen-bond acceptors (Lipinski definition) is 4. The van der Waals surface area contributed by atoms with Crippen LogP contribution in [0.25, 0.3) is 0 Å². The third-order valence-corrected chi connectivity index (χ3v) is 6.07. The Morgan fingerprint density at radius 2 is 1.89 bits per heavy atom. The van der Waals surface area contributed by atoms with Gasteiger partial charge in [-0.2, -0.15) is 0 Å². The fraction of sp³-hybridized carbons (Fsp3) is 0.364. The van der Waals surface area contributed by atoms with E-state index in [9.17, 15) is 0 Å². The normalized spacial score (nSPS) is 16.7. The van der Waals surface area contributed by atoms with Crippen LogP contribution in [-0.4, -0.2) is 21.3 Å². The summed E-state index contributed by atoms with van der Waals surface area (Å²) in [6.45, 7) is 6.14. The van der Waals surface area contributed by atoms with Crippen LogP contribution in [0.3, 0.4) is 0 Å². The standard InChI is InChI=1S/C22H26N4S/c1-16-8-10-18(11-9-16)14-26-21(20-7-4-12-23-20)24-25-22(26)27-15-19-6-3-5-17(2)13-19/h3,5-6,8-11,13,20,23H,4,7,12,14-15H2,1-2H3. The van der Waals surface area contributed by atoms with Gasteiger partial charge in [0, 0.05) is 5.75 Å². The first kappa shape index (κ1) is 18.3. The van der Waals surface area contributed by atoms with Gasteiger partial charge in [-0.1, -0.05) is 71.4 Å². The first-order chi connectivity index (χ1) is 13.2. The van der Waals surface area contributed by atoms with Crippen LogP contribution in [-0.2, 0) is 12.3 Å². The van der Waals surface area contributed by atoms with Gasteiger partial charge in [0.2, 0.25) is 0 Å². The second-order valence-electron chi connectivity index (χ2n) is 7.34. The highest BCUT2D eigenvalue weighted by molar-refractivity contribution is 7.98. The van der Waals surface area contributed by atoms with Gasteiger partial charge in [0.15, 0.2) is 11.0 Å². The van der Waals surface area contributed by atoms with E-state index in [0.29, 0.717) is 6.04 Å². The Kier molecular flexibility index (Phi) is 5.60. The molecule has 2 aromatic carbocycles. The van der Waals surface area contributed by atoms with E-state index >= 15 is 0 Å². The minimum atomic E-state index is 0.316. The number of benzene rings is 2. The number of hydrogen-bond donors (Lipinski definition) is 1. The Hall–Kier alpha value is -2.11. The van der Waals surface area contributed by atoms with Crippen molar-refractivity contribution in [1.29, 1.82) is 0 Å². The van der Waals surface area contributed by atoms with Crippen molar-refractivity contribution >= 4 is 11.8 Å². The van der Waals surface area contributed by atoms with Gasteiger partial charge in [0.1, 0.15) is 0 Å². The molecule has 0 amide bonds. The number of aryl methyl sites for hydroxylation is 2. The molecular formula is C22H26N4S. The molecule has 27 heavy (non-hydrogen) atoms. The molecule has 2 heterocycles. The fourth-order valence-corrected chi connectivity index (χ4v) is 4.43. The zero-order chi connectivity index (χ0) is 18.6. The quantitative estimate of drug-likeness (QED) is 0.634. The second kappa shape index (κ2) is 8.28. The van der Waals surface area contributed by atoms with Gasteiger partial charge in [-0.05, 0) is 44.4 Å². The first-order valence-electron chi connectivity index (χ1n) is 9.59. The highest BCUT2D eigenvalue weighted by Gasteiger charge is 2.24. The molecule has 1 atom stereocenters. The summed E-state index contributed by atoms with van der Waals surface area (Å²) in [5.74, 6) is 1.98. The van der Waals surface area contributed by atoms with Crippen molar-refractivity contribution in [1.82, 2.24) is 20.1 Å². The average Bonchev–Trinajstić information content (AvgIpc) is 3.32. The molecule has 4 rings (SSSR count). The predicted octanol–water partition coefficient (Wildman–Crippen LogP) is 4.66. The molecule has 0 saturated carbocycles. The summed E-state index contributed by atoms with van der Waals surface area (Å²) in [4.78, 5) is 0. The van der Waals surface area contributed by atoms with Crippen molar-refractivity contribution in [3.63, 3.8) is 0 Å². The highest BCUT2D eigenvalue weighted by Crippen LogP contribution is 2.28. The maximum Gasteiger partial charge on any atom is 0.191 e. The van der Waals surface area contributed by atoms with Crippen LogP contribution in [0.4, 0.5) is 0 Å². The molecule has 3 aromatic rings. The molecule has 1 aromatic heterocycles. The van der Waals surface area contributed by atoms with Crippen LogP contribution in [0, 0.1) is 13.8 Å². The SMILES string of the molecule is Cc1ccc(Cn2c(SCc3cccc(C)c3)nnc2C2CCCN2)cc1. The summed E-state index contributed by atoms with van der Waals surface area (Å²) in [6, 6.07) is 17.8. The van der Waals surface area contributed by atoms with Gasteiger partial charge >= 0.3 is 0 Å². The van der Waals surface area contributed by atoms with E-state index in [1.165, 1.54) is 28.7 Å². The molecule has 0 spiro atoms. The summed E-state index contributed by atoms with van der Waals surface area (Å²) >= 11 is 1.77. The Bertz CT molecular complexity index is 895. The molecule has 4 nitrogen and oxygen atoms in total. The van der Waals surface area contributed by atoms with Gasteiger partial charge in [0.25, 0.3) is 0 Å². The van der Waals surface area contributed by atoms with Gasteiger partial charge < -0.3 is 9.88 Å². The summed E-state index contributed by atoms with van der Waals surface area (Å²) in [5, 5.41) is 13.7. The number of rotatable bonds is 6. The topological polar surface area (TPSA) is 42.7 Å². The summed E-state index contributed by atoms with van der Waals surface area (Å²) in [5.41, 5.74) is 5.20. The molecule has 1 fully saturated rings. The molecule has 140 valence electrons. The zero-order valence-corrected chi connectivity index (χ0v) is 16.8. The lowest BCUT2D eigenvalue weighted by Crippen LogP contribution is -2.19. The number of aromatic nitrogens is 3. The van der Waals surface area contributed by atoms with Crippen molar-refractivity contribution < 1.29 is 0 Å². The molecule has 1 unspecified atom stereocenters. The predicted molar refractivity (Wildman–Crippen MR) is 111 cm³/mol. The van der Waals surface area contributed by atoms with Gasteiger partial charge in [-0.15, -0.1) is 10.2 Å². The van der Waals surface area contributed by atoms with E-state index in [0.717, 1.165) is 36.2 Å². The molecule has 1 aliphatic heterocycles. The smallest absolute Gasteiger partial charge is 0.191 e. The molecule has 1 aliphatic rings. The van der Waals surface area contributed by atoms with Gasteiger partial charge in [0.05, 0.1) is 12.6 Å². The molecule has 1 N–H and O–H groups in total. The maximum atomic E-state index is 4.57. The lowest BCUT2D eigenvalue weighted by Gasteiger charge is -2.14. The number of nitrogens with zero attached hydrogens (tertiary/aromatic N) is 3. The van der Waals surface area contributed by atoms with Crippen molar-refractivity contribution in [2.24, 2.45) is 0 Å². The number of nitrogens with one attached hydrogen (secondary N) is 1. The summed E-state index contributed by atoms with van der Waals surface area (Å²) in [6.07, 6.45) is 2.34. The third-order valence-electron chi connectivity index (χ3n) is 5.03. The van der Waals surface area contributed by atoms with Gasteiger partial charge in [-0.3, -0.25) is 0 Å². The van der Waals surface area contributed by atoms with Crippen LogP contribution < -0.4 is 5.32 Å². The van der Waals surface area contributed by atoms with E-state index in [4.69, 9.17) is 0 Å². The monoisotopic (exact) mass is 378 g/mol.